The van der Waals surface area contributed by atoms with Gasteiger partial charge in [-0.1, -0.05) is 0 Å². The van der Waals surface area contributed by atoms with Gasteiger partial charge in [-0.2, -0.15) is 0 Å². The molecular weight excluding hydrogens is 258 g/mol. The molecule has 1 aromatic carbocycles. The SMILES string of the molecule is NNC(=O)C1CCC(COc2cc(F)ccc2F)O1. The summed E-state index contributed by atoms with van der Waals surface area (Å²) in [5, 5.41) is 0. The lowest BCUT2D eigenvalue weighted by atomic mass is 10.2. The second kappa shape index (κ2) is 5.94. The van der Waals surface area contributed by atoms with Crippen LogP contribution in [0.5, 0.6) is 5.75 Å². The minimum absolute atomic E-state index is 0.0503. The fourth-order valence-electron chi connectivity index (χ4n) is 1.88. The van der Waals surface area contributed by atoms with Crippen molar-refractivity contribution in [1.82, 2.24) is 5.43 Å². The van der Waals surface area contributed by atoms with E-state index in [0.717, 1.165) is 18.2 Å². The first-order valence-electron chi connectivity index (χ1n) is 5.84. The van der Waals surface area contributed by atoms with Crippen LogP contribution in [0, 0.1) is 11.6 Å². The lowest BCUT2D eigenvalue weighted by Crippen LogP contribution is -2.39. The van der Waals surface area contributed by atoms with E-state index in [-0.39, 0.29) is 18.5 Å². The van der Waals surface area contributed by atoms with Crippen LogP contribution < -0.4 is 16.0 Å². The van der Waals surface area contributed by atoms with Gasteiger partial charge >= 0.3 is 0 Å². The van der Waals surface area contributed by atoms with Crippen LogP contribution in [0.25, 0.3) is 0 Å². The number of amides is 1. The van der Waals surface area contributed by atoms with Gasteiger partial charge in [0.05, 0.1) is 6.10 Å². The van der Waals surface area contributed by atoms with Gasteiger partial charge < -0.3 is 9.47 Å². The third-order valence-corrected chi connectivity index (χ3v) is 2.86. The number of ether oxygens (including phenoxy) is 2. The Morgan fingerprint density at radius 1 is 1.47 bits per heavy atom. The van der Waals surface area contributed by atoms with Crippen molar-refractivity contribution in [3.05, 3.63) is 29.8 Å². The number of nitrogens with two attached hydrogens (primary N) is 1. The molecule has 1 fully saturated rings. The third kappa shape index (κ3) is 3.39. The summed E-state index contributed by atoms with van der Waals surface area (Å²) in [5.41, 5.74) is 2.00. The van der Waals surface area contributed by atoms with Gasteiger partial charge in [0.15, 0.2) is 11.6 Å². The van der Waals surface area contributed by atoms with Crippen LogP contribution in [0.2, 0.25) is 0 Å². The summed E-state index contributed by atoms with van der Waals surface area (Å²) >= 11 is 0. The van der Waals surface area contributed by atoms with E-state index in [0.29, 0.717) is 12.8 Å². The van der Waals surface area contributed by atoms with Crippen LogP contribution in [0.1, 0.15) is 12.8 Å². The standard InChI is InChI=1S/C12H14F2N2O3/c13-7-1-3-9(14)11(5-7)18-6-8-2-4-10(19-8)12(17)16-15/h1,3,5,8,10H,2,4,6,15H2,(H,16,17). The first kappa shape index (κ1) is 13.7. The number of rotatable bonds is 4. The van der Waals surface area contributed by atoms with Crippen LogP contribution in [-0.2, 0) is 9.53 Å². The molecule has 2 rings (SSSR count). The fraction of sp³-hybridized carbons (Fsp3) is 0.417. The molecule has 104 valence electrons. The predicted molar refractivity (Wildman–Crippen MR) is 62.1 cm³/mol. The summed E-state index contributed by atoms with van der Waals surface area (Å²) in [6.07, 6.45) is 0.151. The predicted octanol–water partition coefficient (Wildman–Crippen LogP) is 0.881. The average molecular weight is 272 g/mol. The lowest BCUT2D eigenvalue weighted by Gasteiger charge is -2.14. The number of hydrogen-bond donors (Lipinski definition) is 2. The van der Waals surface area contributed by atoms with E-state index in [1.807, 2.05) is 5.43 Å². The minimum atomic E-state index is -0.643. The molecule has 5 nitrogen and oxygen atoms in total. The van der Waals surface area contributed by atoms with Crippen LogP contribution in [0.15, 0.2) is 18.2 Å². The second-order valence-electron chi connectivity index (χ2n) is 4.22. The fourth-order valence-corrected chi connectivity index (χ4v) is 1.88. The Balaban J connectivity index is 1.87. The molecule has 2 atom stereocenters. The summed E-state index contributed by atoms with van der Waals surface area (Å²) in [5.74, 6) is 3.20. The molecule has 1 aliphatic heterocycles. The molecule has 1 heterocycles. The van der Waals surface area contributed by atoms with Gasteiger partial charge in [0, 0.05) is 6.07 Å². The van der Waals surface area contributed by atoms with E-state index in [9.17, 15) is 13.6 Å². The van der Waals surface area contributed by atoms with E-state index >= 15 is 0 Å². The number of hydrazine groups is 1. The van der Waals surface area contributed by atoms with E-state index < -0.39 is 23.6 Å². The maximum atomic E-state index is 13.3. The summed E-state index contributed by atoms with van der Waals surface area (Å²) in [7, 11) is 0. The van der Waals surface area contributed by atoms with E-state index in [1.54, 1.807) is 0 Å². The largest absolute Gasteiger partial charge is 0.488 e. The maximum Gasteiger partial charge on any atom is 0.263 e. The van der Waals surface area contributed by atoms with Crippen molar-refractivity contribution < 1.29 is 23.0 Å². The highest BCUT2D eigenvalue weighted by Crippen LogP contribution is 2.23. The molecule has 2 unspecified atom stereocenters. The Morgan fingerprint density at radius 2 is 2.26 bits per heavy atom. The molecule has 1 amide bonds. The number of carbonyl (C=O) groups is 1. The van der Waals surface area contributed by atoms with Gasteiger partial charge in [0.2, 0.25) is 0 Å². The summed E-state index contributed by atoms with van der Waals surface area (Å²) in [6.45, 7) is 0.0503. The monoisotopic (exact) mass is 272 g/mol. The molecule has 3 N–H and O–H groups in total. The number of benzene rings is 1. The molecule has 1 aromatic rings. The maximum absolute atomic E-state index is 13.3. The molecule has 7 heteroatoms. The van der Waals surface area contributed by atoms with Crippen molar-refractivity contribution in [2.75, 3.05) is 6.61 Å². The van der Waals surface area contributed by atoms with Crippen molar-refractivity contribution in [2.45, 2.75) is 25.0 Å². The van der Waals surface area contributed by atoms with Gasteiger partial charge in [0.25, 0.3) is 5.91 Å². The quantitative estimate of drug-likeness (QED) is 0.485. The van der Waals surface area contributed by atoms with Gasteiger partial charge in [-0.25, -0.2) is 14.6 Å². The van der Waals surface area contributed by atoms with E-state index in [2.05, 4.69) is 0 Å². The Morgan fingerprint density at radius 3 is 3.00 bits per heavy atom. The average Bonchev–Trinajstić information content (AvgIpc) is 2.88. The molecule has 19 heavy (non-hydrogen) atoms. The molecule has 1 aliphatic rings. The Kier molecular flexibility index (Phi) is 4.28. The minimum Gasteiger partial charge on any atom is -0.488 e. The highest BCUT2D eigenvalue weighted by Gasteiger charge is 2.30. The molecule has 0 aromatic heterocycles. The summed E-state index contributed by atoms with van der Waals surface area (Å²) < 4.78 is 36.7. The molecule has 0 spiro atoms. The normalized spacial score (nSPS) is 22.3. The zero-order valence-corrected chi connectivity index (χ0v) is 10.1. The van der Waals surface area contributed by atoms with E-state index in [4.69, 9.17) is 15.3 Å². The van der Waals surface area contributed by atoms with Gasteiger partial charge in [0.1, 0.15) is 18.5 Å². The number of halogens is 2. The summed E-state index contributed by atoms with van der Waals surface area (Å²) in [6, 6.07) is 2.97. The molecule has 0 radical (unpaired) electrons. The van der Waals surface area contributed by atoms with Crippen LogP contribution in [-0.4, -0.2) is 24.7 Å². The van der Waals surface area contributed by atoms with E-state index in [1.165, 1.54) is 0 Å². The highest BCUT2D eigenvalue weighted by molar-refractivity contribution is 5.80. The van der Waals surface area contributed by atoms with Crippen molar-refractivity contribution in [2.24, 2.45) is 5.84 Å². The number of hydrogen-bond acceptors (Lipinski definition) is 4. The lowest BCUT2D eigenvalue weighted by molar-refractivity contribution is -0.132. The first-order valence-corrected chi connectivity index (χ1v) is 5.84. The third-order valence-electron chi connectivity index (χ3n) is 2.86. The Hall–Kier alpha value is -1.73. The highest BCUT2D eigenvalue weighted by atomic mass is 19.1. The Bertz CT molecular complexity index is 470. The number of nitrogens with one attached hydrogen (secondary N) is 1. The number of carbonyl (C=O) groups excluding carboxylic acids is 1. The molecular formula is C12H14F2N2O3. The molecule has 1 saturated heterocycles. The van der Waals surface area contributed by atoms with Crippen molar-refractivity contribution in [3.63, 3.8) is 0 Å². The zero-order chi connectivity index (χ0) is 13.8. The molecule has 0 saturated carbocycles. The molecule has 0 aliphatic carbocycles. The van der Waals surface area contributed by atoms with Crippen molar-refractivity contribution in [1.29, 1.82) is 0 Å². The van der Waals surface area contributed by atoms with Crippen molar-refractivity contribution in [3.8, 4) is 5.75 Å². The topological polar surface area (TPSA) is 73.6 Å². The Labute approximate surface area is 108 Å². The zero-order valence-electron chi connectivity index (χ0n) is 10.1. The van der Waals surface area contributed by atoms with Crippen molar-refractivity contribution >= 4 is 5.91 Å². The smallest absolute Gasteiger partial charge is 0.263 e. The van der Waals surface area contributed by atoms with Crippen LogP contribution >= 0.6 is 0 Å². The van der Waals surface area contributed by atoms with Crippen LogP contribution in [0.4, 0.5) is 8.78 Å². The van der Waals surface area contributed by atoms with Gasteiger partial charge in [-0.3, -0.25) is 10.2 Å². The molecule has 0 bridgehead atoms. The van der Waals surface area contributed by atoms with Crippen LogP contribution in [0.3, 0.4) is 0 Å². The first-order chi connectivity index (χ1) is 9.10. The summed E-state index contributed by atoms with van der Waals surface area (Å²) in [4.78, 5) is 11.2. The second-order valence-corrected chi connectivity index (χ2v) is 4.22. The van der Waals surface area contributed by atoms with Gasteiger partial charge in [-0.15, -0.1) is 0 Å². The van der Waals surface area contributed by atoms with Gasteiger partial charge in [-0.05, 0) is 25.0 Å².